The molecule has 0 spiro atoms. The molecule has 1 aromatic carbocycles. The van der Waals surface area contributed by atoms with Gasteiger partial charge >= 0.3 is 0 Å². The zero-order chi connectivity index (χ0) is 15.1. The maximum atomic E-state index is 9.23. The molecule has 21 heavy (non-hydrogen) atoms. The summed E-state index contributed by atoms with van der Waals surface area (Å²) >= 11 is 0. The average Bonchev–Trinajstić information content (AvgIpc) is 2.97. The molecular weight excluding hydrogens is 260 g/mol. The number of hydrogen-bond donors (Lipinski definition) is 1. The molecule has 1 aromatic heterocycles. The van der Waals surface area contributed by atoms with Gasteiger partial charge in [-0.15, -0.1) is 0 Å². The van der Waals surface area contributed by atoms with Crippen LogP contribution in [0.2, 0.25) is 0 Å². The lowest BCUT2D eigenvalue weighted by atomic mass is 9.98. The summed E-state index contributed by atoms with van der Waals surface area (Å²) in [5.74, 6) is 0. The Morgan fingerprint density at radius 1 is 1.29 bits per heavy atom. The fourth-order valence-electron chi connectivity index (χ4n) is 2.43. The van der Waals surface area contributed by atoms with E-state index in [1.54, 1.807) is 0 Å². The first-order valence-corrected chi connectivity index (χ1v) is 7.41. The van der Waals surface area contributed by atoms with E-state index in [-0.39, 0.29) is 0 Å². The van der Waals surface area contributed by atoms with Crippen molar-refractivity contribution < 1.29 is 0 Å². The zero-order valence-electron chi connectivity index (χ0n) is 12.7. The summed E-state index contributed by atoms with van der Waals surface area (Å²) in [6.45, 7) is 5.61. The first-order valence-electron chi connectivity index (χ1n) is 7.41. The number of nitriles is 1. The largest absolute Gasteiger partial charge is 0.300 e. The van der Waals surface area contributed by atoms with Crippen LogP contribution in [0.3, 0.4) is 0 Å². The molecule has 0 saturated carbocycles. The maximum absolute atomic E-state index is 9.23. The summed E-state index contributed by atoms with van der Waals surface area (Å²) < 4.78 is 1.95. The van der Waals surface area contributed by atoms with Crippen molar-refractivity contribution in [2.45, 2.75) is 38.8 Å². The number of nitrogens with one attached hydrogen (secondary N) is 1. The Labute approximate surface area is 126 Å². The van der Waals surface area contributed by atoms with Crippen molar-refractivity contribution in [1.29, 1.82) is 5.26 Å². The van der Waals surface area contributed by atoms with E-state index in [1.807, 2.05) is 42.9 Å². The summed E-state index contributed by atoms with van der Waals surface area (Å²) in [7, 11) is 0. The fourth-order valence-corrected chi connectivity index (χ4v) is 2.43. The number of aryl methyl sites for hydroxylation is 1. The van der Waals surface area contributed by atoms with Gasteiger partial charge in [-0.2, -0.15) is 10.4 Å². The van der Waals surface area contributed by atoms with E-state index in [4.69, 9.17) is 0 Å². The minimum absolute atomic E-state index is 0.440. The molecule has 0 radical (unpaired) electrons. The van der Waals surface area contributed by atoms with Crippen LogP contribution in [0.25, 0.3) is 11.1 Å². The first kappa shape index (κ1) is 15.3. The van der Waals surface area contributed by atoms with Crippen molar-refractivity contribution in [3.05, 3.63) is 42.7 Å². The lowest BCUT2D eigenvalue weighted by molar-refractivity contribution is 0.397. The summed E-state index contributed by atoms with van der Waals surface area (Å²) in [5, 5.41) is 16.9. The van der Waals surface area contributed by atoms with Gasteiger partial charge < -0.3 is 0 Å². The highest BCUT2D eigenvalue weighted by Gasteiger charge is 2.21. The van der Waals surface area contributed by atoms with Crippen LogP contribution in [0.1, 0.15) is 26.7 Å². The number of rotatable bonds is 7. The minimum Gasteiger partial charge on any atom is -0.300 e. The van der Waals surface area contributed by atoms with Gasteiger partial charge in [0.25, 0.3) is 0 Å². The molecule has 0 aliphatic carbocycles. The summed E-state index contributed by atoms with van der Waals surface area (Å²) in [6, 6.07) is 12.6. The third kappa shape index (κ3) is 4.17. The Morgan fingerprint density at radius 2 is 2.05 bits per heavy atom. The first-order chi connectivity index (χ1) is 10.2. The topological polar surface area (TPSA) is 53.6 Å². The molecule has 2 aromatic rings. The number of aromatic nitrogens is 2. The molecule has 1 atom stereocenters. The monoisotopic (exact) mass is 282 g/mol. The van der Waals surface area contributed by atoms with E-state index in [1.165, 1.54) is 5.56 Å². The lowest BCUT2D eigenvalue weighted by Gasteiger charge is -2.22. The molecule has 0 amide bonds. The van der Waals surface area contributed by atoms with Crippen LogP contribution in [0.15, 0.2) is 42.7 Å². The average molecular weight is 282 g/mol. The predicted molar refractivity (Wildman–Crippen MR) is 84.6 cm³/mol. The van der Waals surface area contributed by atoms with Crippen molar-refractivity contribution in [1.82, 2.24) is 15.1 Å². The molecule has 2 rings (SSSR count). The molecular formula is C17H22N4. The molecule has 110 valence electrons. The van der Waals surface area contributed by atoms with E-state index in [2.05, 4.69) is 34.8 Å². The van der Waals surface area contributed by atoms with Gasteiger partial charge in [-0.3, -0.25) is 10.00 Å². The highest BCUT2D eigenvalue weighted by Crippen LogP contribution is 2.18. The summed E-state index contributed by atoms with van der Waals surface area (Å²) in [5.41, 5.74) is 1.87. The number of hydrogen-bond acceptors (Lipinski definition) is 3. The molecule has 1 heterocycles. The van der Waals surface area contributed by atoms with Crippen molar-refractivity contribution in [3.8, 4) is 17.2 Å². The predicted octanol–water partition coefficient (Wildman–Crippen LogP) is 3.22. The summed E-state index contributed by atoms with van der Waals surface area (Å²) in [4.78, 5) is 0. The van der Waals surface area contributed by atoms with Gasteiger partial charge in [-0.25, -0.2) is 0 Å². The van der Waals surface area contributed by atoms with Crippen LogP contribution >= 0.6 is 0 Å². The van der Waals surface area contributed by atoms with E-state index in [0.717, 1.165) is 31.5 Å². The molecule has 0 aliphatic rings. The third-order valence-corrected chi connectivity index (χ3v) is 3.62. The minimum atomic E-state index is -0.440. The highest BCUT2D eigenvalue weighted by atomic mass is 15.3. The van der Waals surface area contributed by atoms with Crippen LogP contribution in [-0.4, -0.2) is 21.9 Å². The fraction of sp³-hybridized carbons (Fsp3) is 0.412. The molecule has 4 nitrogen and oxygen atoms in total. The van der Waals surface area contributed by atoms with Crippen LogP contribution in [0, 0.1) is 11.3 Å². The molecule has 1 N–H and O–H groups in total. The van der Waals surface area contributed by atoms with Gasteiger partial charge in [-0.1, -0.05) is 37.3 Å². The SMILES string of the molecule is CCNC(C)(C#N)CCCn1cc(-c2ccccc2)cn1. The smallest absolute Gasteiger partial charge is 0.103 e. The molecule has 4 heteroatoms. The van der Waals surface area contributed by atoms with Gasteiger partial charge in [0.15, 0.2) is 0 Å². The standard InChI is InChI=1S/C17H22N4/c1-3-19-17(2,14-18)10-7-11-21-13-16(12-20-21)15-8-5-4-6-9-15/h4-6,8-9,12-13,19H,3,7,10-11H2,1-2H3. The molecule has 0 saturated heterocycles. The highest BCUT2D eigenvalue weighted by molar-refractivity contribution is 5.61. The van der Waals surface area contributed by atoms with Crippen LogP contribution < -0.4 is 5.32 Å². The van der Waals surface area contributed by atoms with Gasteiger partial charge in [0, 0.05) is 18.3 Å². The van der Waals surface area contributed by atoms with Gasteiger partial charge in [0.1, 0.15) is 5.54 Å². The zero-order valence-corrected chi connectivity index (χ0v) is 12.7. The van der Waals surface area contributed by atoms with Gasteiger partial charge in [-0.05, 0) is 31.9 Å². The van der Waals surface area contributed by atoms with Crippen LogP contribution in [-0.2, 0) is 6.54 Å². The van der Waals surface area contributed by atoms with Crippen molar-refractivity contribution >= 4 is 0 Å². The summed E-state index contributed by atoms with van der Waals surface area (Å²) in [6.07, 6.45) is 5.69. The number of nitrogens with zero attached hydrogens (tertiary/aromatic N) is 3. The maximum Gasteiger partial charge on any atom is 0.103 e. The van der Waals surface area contributed by atoms with E-state index in [0.29, 0.717) is 0 Å². The van der Waals surface area contributed by atoms with E-state index >= 15 is 0 Å². The normalized spacial score (nSPS) is 13.6. The van der Waals surface area contributed by atoms with Crippen molar-refractivity contribution in [2.24, 2.45) is 0 Å². The van der Waals surface area contributed by atoms with Crippen molar-refractivity contribution in [2.75, 3.05) is 6.54 Å². The quantitative estimate of drug-likeness (QED) is 0.848. The second kappa shape index (κ2) is 7.05. The molecule has 0 bridgehead atoms. The molecule has 0 aliphatic heterocycles. The van der Waals surface area contributed by atoms with Crippen LogP contribution in [0.4, 0.5) is 0 Å². The van der Waals surface area contributed by atoms with Gasteiger partial charge in [0.05, 0.1) is 12.3 Å². The molecule has 1 unspecified atom stereocenters. The Hall–Kier alpha value is -2.12. The Balaban J connectivity index is 1.91. The second-order valence-electron chi connectivity index (χ2n) is 5.44. The van der Waals surface area contributed by atoms with Crippen LogP contribution in [0.5, 0.6) is 0 Å². The van der Waals surface area contributed by atoms with Gasteiger partial charge in [0.2, 0.25) is 0 Å². The lowest BCUT2D eigenvalue weighted by Crippen LogP contribution is -2.40. The van der Waals surface area contributed by atoms with E-state index in [9.17, 15) is 5.26 Å². The Morgan fingerprint density at radius 3 is 2.71 bits per heavy atom. The van der Waals surface area contributed by atoms with Crippen molar-refractivity contribution in [3.63, 3.8) is 0 Å². The molecule has 0 fully saturated rings. The Kier molecular flexibility index (Phi) is 5.13. The van der Waals surface area contributed by atoms with E-state index < -0.39 is 5.54 Å². The number of benzene rings is 1. The third-order valence-electron chi connectivity index (χ3n) is 3.62. The second-order valence-corrected chi connectivity index (χ2v) is 5.44. The Bertz CT molecular complexity index is 597.